The average molecular weight is 211 g/mol. The molecule has 0 spiro atoms. The first-order chi connectivity index (χ1) is 7.11. The molecule has 0 saturated carbocycles. The number of nitrogens with zero attached hydrogens (tertiary/aromatic N) is 2. The Morgan fingerprint density at radius 3 is 2.93 bits per heavy atom. The van der Waals surface area contributed by atoms with Crippen LogP contribution in [0.1, 0.15) is 13.8 Å². The van der Waals surface area contributed by atoms with Crippen LogP contribution in [0.3, 0.4) is 0 Å². The van der Waals surface area contributed by atoms with Crippen LogP contribution in [-0.2, 0) is 4.74 Å². The highest BCUT2D eigenvalue weighted by Crippen LogP contribution is 1.98. The van der Waals surface area contributed by atoms with Crippen molar-refractivity contribution in [3.63, 3.8) is 0 Å². The van der Waals surface area contributed by atoms with Crippen LogP contribution in [0.2, 0.25) is 0 Å². The summed E-state index contributed by atoms with van der Waals surface area (Å²) in [6.45, 7) is 5.20. The quantitative estimate of drug-likeness (QED) is 0.776. The normalized spacial score (nSPS) is 10.7. The standard InChI is InChI=1S/C10H17N3O2/c1-8(2)15-7-6-13(3)9-10(14)12-5-4-11-9/h4-5,8H,6-7H2,1-3H3,(H,12,14). The van der Waals surface area contributed by atoms with Gasteiger partial charge in [0.2, 0.25) is 0 Å². The van der Waals surface area contributed by atoms with Crippen LogP contribution >= 0.6 is 0 Å². The Hall–Kier alpha value is -1.36. The van der Waals surface area contributed by atoms with Crippen molar-refractivity contribution in [3.05, 3.63) is 22.7 Å². The number of aromatic nitrogens is 2. The number of anilines is 1. The molecule has 0 radical (unpaired) electrons. The lowest BCUT2D eigenvalue weighted by Gasteiger charge is -2.17. The van der Waals surface area contributed by atoms with Crippen molar-refractivity contribution in [1.82, 2.24) is 9.97 Å². The van der Waals surface area contributed by atoms with E-state index in [0.717, 1.165) is 0 Å². The van der Waals surface area contributed by atoms with Crippen LogP contribution in [0, 0.1) is 0 Å². The summed E-state index contributed by atoms with van der Waals surface area (Å²) in [7, 11) is 1.82. The predicted octanol–water partition coefficient (Wildman–Crippen LogP) is 0.631. The van der Waals surface area contributed by atoms with E-state index in [1.54, 1.807) is 11.1 Å². The highest BCUT2D eigenvalue weighted by molar-refractivity contribution is 5.33. The fourth-order valence-corrected chi connectivity index (χ4v) is 1.15. The molecule has 1 aromatic heterocycles. The molecule has 1 rings (SSSR count). The minimum absolute atomic E-state index is 0.176. The van der Waals surface area contributed by atoms with Gasteiger partial charge in [0.1, 0.15) is 0 Å². The summed E-state index contributed by atoms with van der Waals surface area (Å²) in [4.78, 5) is 19.7. The highest BCUT2D eigenvalue weighted by Gasteiger charge is 2.06. The molecule has 5 heteroatoms. The molecule has 0 aliphatic carbocycles. The van der Waals surface area contributed by atoms with E-state index in [4.69, 9.17) is 4.74 Å². The van der Waals surface area contributed by atoms with Crippen LogP contribution in [0.15, 0.2) is 17.2 Å². The topological polar surface area (TPSA) is 58.2 Å². The second-order valence-electron chi connectivity index (χ2n) is 3.58. The van der Waals surface area contributed by atoms with E-state index < -0.39 is 0 Å². The molecular weight excluding hydrogens is 194 g/mol. The number of hydrogen-bond donors (Lipinski definition) is 1. The Balaban J connectivity index is 2.51. The van der Waals surface area contributed by atoms with Gasteiger partial charge in [-0.1, -0.05) is 0 Å². The number of likely N-dealkylation sites (N-methyl/N-ethyl adjacent to an activating group) is 1. The molecule has 0 bridgehead atoms. The molecule has 0 amide bonds. The molecular formula is C10H17N3O2. The Kier molecular flexibility index (Phi) is 4.30. The van der Waals surface area contributed by atoms with E-state index in [1.165, 1.54) is 6.20 Å². The molecule has 0 aliphatic heterocycles. The van der Waals surface area contributed by atoms with E-state index in [2.05, 4.69) is 9.97 Å². The van der Waals surface area contributed by atoms with Crippen molar-refractivity contribution in [2.45, 2.75) is 20.0 Å². The lowest BCUT2D eigenvalue weighted by atomic mass is 10.5. The van der Waals surface area contributed by atoms with Gasteiger partial charge in [0.25, 0.3) is 5.56 Å². The van der Waals surface area contributed by atoms with Gasteiger partial charge in [0.15, 0.2) is 5.82 Å². The molecule has 0 unspecified atom stereocenters. The fraction of sp³-hybridized carbons (Fsp3) is 0.600. The Morgan fingerprint density at radius 2 is 2.33 bits per heavy atom. The van der Waals surface area contributed by atoms with Crippen molar-refractivity contribution in [2.75, 3.05) is 25.1 Å². The average Bonchev–Trinajstić information content (AvgIpc) is 2.17. The van der Waals surface area contributed by atoms with Gasteiger partial charge in [-0.3, -0.25) is 4.79 Å². The molecule has 15 heavy (non-hydrogen) atoms. The Morgan fingerprint density at radius 1 is 1.60 bits per heavy atom. The third kappa shape index (κ3) is 3.71. The molecule has 1 heterocycles. The third-order valence-corrected chi connectivity index (χ3v) is 1.93. The van der Waals surface area contributed by atoms with E-state index >= 15 is 0 Å². The van der Waals surface area contributed by atoms with Crippen LogP contribution in [0.5, 0.6) is 0 Å². The van der Waals surface area contributed by atoms with E-state index in [1.807, 2.05) is 20.9 Å². The SMILES string of the molecule is CC(C)OCCN(C)c1ncc[nH]c1=O. The first kappa shape index (κ1) is 11.7. The second kappa shape index (κ2) is 5.50. The van der Waals surface area contributed by atoms with E-state index in [-0.39, 0.29) is 11.7 Å². The first-order valence-corrected chi connectivity index (χ1v) is 4.97. The zero-order valence-corrected chi connectivity index (χ0v) is 9.36. The Bertz CT molecular complexity index is 349. The minimum Gasteiger partial charge on any atom is -0.377 e. The number of aromatic amines is 1. The maximum atomic E-state index is 11.4. The highest BCUT2D eigenvalue weighted by atomic mass is 16.5. The lowest BCUT2D eigenvalue weighted by Crippen LogP contribution is -2.29. The summed E-state index contributed by atoms with van der Waals surface area (Å²) < 4.78 is 5.39. The van der Waals surface area contributed by atoms with Gasteiger partial charge in [0.05, 0.1) is 12.7 Å². The summed E-state index contributed by atoms with van der Waals surface area (Å²) in [5.74, 6) is 0.421. The number of nitrogens with one attached hydrogen (secondary N) is 1. The lowest BCUT2D eigenvalue weighted by molar-refractivity contribution is 0.0845. The maximum Gasteiger partial charge on any atom is 0.290 e. The zero-order chi connectivity index (χ0) is 11.3. The molecule has 0 fully saturated rings. The molecule has 0 aliphatic rings. The van der Waals surface area contributed by atoms with Crippen LogP contribution in [0.4, 0.5) is 5.82 Å². The predicted molar refractivity (Wildman–Crippen MR) is 59.2 cm³/mol. The summed E-state index contributed by atoms with van der Waals surface area (Å²) in [5, 5.41) is 0. The minimum atomic E-state index is -0.176. The summed E-state index contributed by atoms with van der Waals surface area (Å²) in [5.41, 5.74) is -0.176. The van der Waals surface area contributed by atoms with Gasteiger partial charge in [-0.2, -0.15) is 0 Å². The van der Waals surface area contributed by atoms with Crippen molar-refractivity contribution in [2.24, 2.45) is 0 Å². The summed E-state index contributed by atoms with van der Waals surface area (Å²) >= 11 is 0. The monoisotopic (exact) mass is 211 g/mol. The Labute approximate surface area is 89.1 Å². The summed E-state index contributed by atoms with van der Waals surface area (Å²) in [6, 6.07) is 0. The van der Waals surface area contributed by atoms with Gasteiger partial charge >= 0.3 is 0 Å². The van der Waals surface area contributed by atoms with E-state index in [9.17, 15) is 4.79 Å². The number of ether oxygens (including phenoxy) is 1. The van der Waals surface area contributed by atoms with Gasteiger partial charge in [-0.15, -0.1) is 0 Å². The number of H-pyrrole nitrogens is 1. The van der Waals surface area contributed by atoms with Crippen molar-refractivity contribution >= 4 is 5.82 Å². The van der Waals surface area contributed by atoms with E-state index in [0.29, 0.717) is 19.0 Å². The number of hydrogen-bond acceptors (Lipinski definition) is 4. The van der Waals surface area contributed by atoms with Gasteiger partial charge < -0.3 is 14.6 Å². The second-order valence-corrected chi connectivity index (χ2v) is 3.58. The smallest absolute Gasteiger partial charge is 0.290 e. The zero-order valence-electron chi connectivity index (χ0n) is 9.36. The molecule has 0 aromatic carbocycles. The molecule has 84 valence electrons. The third-order valence-electron chi connectivity index (χ3n) is 1.93. The van der Waals surface area contributed by atoms with Gasteiger partial charge in [0, 0.05) is 26.0 Å². The van der Waals surface area contributed by atoms with Crippen molar-refractivity contribution in [3.8, 4) is 0 Å². The van der Waals surface area contributed by atoms with Gasteiger partial charge in [-0.05, 0) is 13.8 Å². The van der Waals surface area contributed by atoms with Crippen LogP contribution in [0.25, 0.3) is 0 Å². The molecule has 0 saturated heterocycles. The number of rotatable bonds is 5. The van der Waals surface area contributed by atoms with Crippen molar-refractivity contribution < 1.29 is 4.74 Å². The van der Waals surface area contributed by atoms with Crippen molar-refractivity contribution in [1.29, 1.82) is 0 Å². The van der Waals surface area contributed by atoms with Crippen LogP contribution < -0.4 is 10.5 Å². The molecule has 0 atom stereocenters. The van der Waals surface area contributed by atoms with Crippen LogP contribution in [-0.4, -0.2) is 36.3 Å². The molecule has 1 N–H and O–H groups in total. The van der Waals surface area contributed by atoms with Gasteiger partial charge in [-0.25, -0.2) is 4.98 Å². The first-order valence-electron chi connectivity index (χ1n) is 4.97. The summed E-state index contributed by atoms with van der Waals surface area (Å²) in [6.07, 6.45) is 3.29. The molecule has 5 nitrogen and oxygen atoms in total. The molecule has 1 aromatic rings. The maximum absolute atomic E-state index is 11.4. The fourth-order valence-electron chi connectivity index (χ4n) is 1.15. The largest absolute Gasteiger partial charge is 0.377 e.